The van der Waals surface area contributed by atoms with Crippen molar-refractivity contribution >= 4 is 23.4 Å². The van der Waals surface area contributed by atoms with Crippen LogP contribution in [0.3, 0.4) is 0 Å². The van der Waals surface area contributed by atoms with Crippen molar-refractivity contribution in [3.8, 4) is 0 Å². The van der Waals surface area contributed by atoms with Crippen molar-refractivity contribution in [2.75, 3.05) is 11.9 Å². The minimum Gasteiger partial charge on any atom is -0.326 e. The van der Waals surface area contributed by atoms with E-state index < -0.39 is 5.82 Å². The van der Waals surface area contributed by atoms with Crippen LogP contribution in [-0.4, -0.2) is 29.2 Å². The van der Waals surface area contributed by atoms with Crippen LogP contribution >= 0.6 is 0 Å². The number of hydrogen-bond donors (Lipinski definition) is 1. The van der Waals surface area contributed by atoms with Crippen molar-refractivity contribution in [2.45, 2.75) is 12.8 Å². The molecule has 1 heterocycles. The fourth-order valence-corrected chi connectivity index (χ4v) is 4.19. The molecule has 5 nitrogen and oxygen atoms in total. The monoisotopic (exact) mass is 328 g/mol. The molecule has 4 atom stereocenters. The lowest BCUT2D eigenvalue weighted by atomic mass is 9.85. The molecule has 24 heavy (non-hydrogen) atoms. The topological polar surface area (TPSA) is 66.5 Å². The first-order chi connectivity index (χ1) is 11.5. The second kappa shape index (κ2) is 5.54. The molecule has 4 rings (SSSR count). The molecule has 0 spiro atoms. The Morgan fingerprint density at radius 1 is 1.17 bits per heavy atom. The van der Waals surface area contributed by atoms with E-state index in [0.717, 1.165) is 6.42 Å². The van der Waals surface area contributed by atoms with Gasteiger partial charge in [0.1, 0.15) is 5.82 Å². The molecule has 0 radical (unpaired) electrons. The minimum absolute atomic E-state index is 0.0101. The number of allylic oxidation sites excluding steroid dienone is 2. The zero-order valence-corrected chi connectivity index (χ0v) is 12.9. The molecule has 1 saturated carbocycles. The van der Waals surface area contributed by atoms with Gasteiger partial charge in [0.15, 0.2) is 0 Å². The summed E-state index contributed by atoms with van der Waals surface area (Å²) in [6.45, 7) is 0.0747. The van der Waals surface area contributed by atoms with Crippen LogP contribution in [0, 0.1) is 29.5 Å². The molecular formula is C18H17FN2O3. The summed E-state index contributed by atoms with van der Waals surface area (Å²) in [7, 11) is 0. The molecule has 0 aromatic heterocycles. The van der Waals surface area contributed by atoms with Gasteiger partial charge in [-0.3, -0.25) is 19.3 Å². The summed E-state index contributed by atoms with van der Waals surface area (Å²) in [5, 5.41) is 2.58. The van der Waals surface area contributed by atoms with Crippen LogP contribution in [-0.2, 0) is 14.4 Å². The lowest BCUT2D eigenvalue weighted by Crippen LogP contribution is -2.35. The van der Waals surface area contributed by atoms with Gasteiger partial charge in [-0.2, -0.15) is 0 Å². The SMILES string of the molecule is O=C(CCN1C(=O)C2C3C=CC(C3)C2C1=O)Nc1cccc(F)c1. The summed E-state index contributed by atoms with van der Waals surface area (Å²) in [6, 6.07) is 5.60. The van der Waals surface area contributed by atoms with Crippen LogP contribution in [0.2, 0.25) is 0 Å². The van der Waals surface area contributed by atoms with E-state index >= 15 is 0 Å². The van der Waals surface area contributed by atoms with Gasteiger partial charge >= 0.3 is 0 Å². The van der Waals surface area contributed by atoms with Gasteiger partial charge < -0.3 is 5.32 Å². The van der Waals surface area contributed by atoms with Crippen molar-refractivity contribution < 1.29 is 18.8 Å². The van der Waals surface area contributed by atoms with Gasteiger partial charge in [-0.05, 0) is 36.5 Å². The van der Waals surface area contributed by atoms with Gasteiger partial charge in [0, 0.05) is 18.7 Å². The van der Waals surface area contributed by atoms with Crippen LogP contribution in [0.4, 0.5) is 10.1 Å². The van der Waals surface area contributed by atoms with E-state index in [4.69, 9.17) is 0 Å². The third kappa shape index (κ3) is 2.33. The van der Waals surface area contributed by atoms with E-state index in [1.54, 1.807) is 6.07 Å². The molecule has 2 bridgehead atoms. The Morgan fingerprint density at radius 2 is 1.83 bits per heavy atom. The van der Waals surface area contributed by atoms with Gasteiger partial charge in [0.2, 0.25) is 17.7 Å². The zero-order chi connectivity index (χ0) is 16.8. The second-order valence-electron chi connectivity index (χ2n) is 6.64. The lowest BCUT2D eigenvalue weighted by molar-refractivity contribution is -0.140. The summed E-state index contributed by atoms with van der Waals surface area (Å²) in [4.78, 5) is 38.2. The second-order valence-corrected chi connectivity index (χ2v) is 6.64. The van der Waals surface area contributed by atoms with E-state index in [1.807, 2.05) is 12.2 Å². The number of rotatable bonds is 4. The van der Waals surface area contributed by atoms with Crippen LogP contribution in [0.5, 0.6) is 0 Å². The molecule has 1 saturated heterocycles. The third-order valence-corrected chi connectivity index (χ3v) is 5.23. The fraction of sp³-hybridized carbons (Fsp3) is 0.389. The van der Waals surface area contributed by atoms with Crippen molar-refractivity contribution in [3.05, 3.63) is 42.2 Å². The predicted molar refractivity (Wildman–Crippen MR) is 84.1 cm³/mol. The first-order valence-electron chi connectivity index (χ1n) is 8.13. The van der Waals surface area contributed by atoms with Crippen molar-refractivity contribution in [1.29, 1.82) is 0 Å². The van der Waals surface area contributed by atoms with Crippen LogP contribution < -0.4 is 5.32 Å². The first-order valence-corrected chi connectivity index (χ1v) is 8.13. The smallest absolute Gasteiger partial charge is 0.233 e. The van der Waals surface area contributed by atoms with Crippen LogP contribution in [0.15, 0.2) is 36.4 Å². The van der Waals surface area contributed by atoms with E-state index in [-0.39, 0.29) is 54.4 Å². The fourth-order valence-electron chi connectivity index (χ4n) is 4.19. The average Bonchev–Trinajstić information content (AvgIpc) is 3.20. The molecule has 1 N–H and O–H groups in total. The number of carbonyl (C=O) groups excluding carboxylic acids is 3. The molecule has 124 valence electrons. The third-order valence-electron chi connectivity index (χ3n) is 5.23. The Bertz CT molecular complexity index is 730. The maximum absolute atomic E-state index is 13.1. The van der Waals surface area contributed by atoms with Gasteiger partial charge in [-0.15, -0.1) is 0 Å². The summed E-state index contributed by atoms with van der Waals surface area (Å²) in [6.07, 6.45) is 4.98. The average molecular weight is 328 g/mol. The summed E-state index contributed by atoms with van der Waals surface area (Å²) >= 11 is 0. The Labute approximate surface area is 138 Å². The normalized spacial score (nSPS) is 30.1. The number of anilines is 1. The molecule has 2 aliphatic carbocycles. The molecule has 3 amide bonds. The molecular weight excluding hydrogens is 311 g/mol. The number of likely N-dealkylation sites (tertiary alicyclic amines) is 1. The lowest BCUT2D eigenvalue weighted by Gasteiger charge is -2.16. The van der Waals surface area contributed by atoms with E-state index in [0.29, 0.717) is 5.69 Å². The highest BCUT2D eigenvalue weighted by molar-refractivity contribution is 6.06. The molecule has 1 aromatic carbocycles. The Balaban J connectivity index is 1.37. The summed E-state index contributed by atoms with van der Waals surface area (Å²) in [5.41, 5.74) is 0.359. The van der Waals surface area contributed by atoms with Crippen molar-refractivity contribution in [1.82, 2.24) is 4.90 Å². The number of imide groups is 1. The van der Waals surface area contributed by atoms with Crippen molar-refractivity contribution in [2.24, 2.45) is 23.7 Å². The maximum Gasteiger partial charge on any atom is 0.233 e. The molecule has 1 aliphatic heterocycles. The van der Waals surface area contributed by atoms with E-state index in [2.05, 4.69) is 5.32 Å². The summed E-state index contributed by atoms with van der Waals surface area (Å²) in [5.74, 6) is -1.23. The quantitative estimate of drug-likeness (QED) is 0.679. The molecule has 2 fully saturated rings. The number of hydrogen-bond acceptors (Lipinski definition) is 3. The number of benzene rings is 1. The zero-order valence-electron chi connectivity index (χ0n) is 12.9. The molecule has 1 aromatic rings. The number of amides is 3. The van der Waals surface area contributed by atoms with E-state index in [1.165, 1.54) is 23.1 Å². The van der Waals surface area contributed by atoms with E-state index in [9.17, 15) is 18.8 Å². The highest BCUT2D eigenvalue weighted by Crippen LogP contribution is 2.52. The molecule has 4 unspecified atom stereocenters. The Hall–Kier alpha value is -2.50. The van der Waals surface area contributed by atoms with Gasteiger partial charge in [-0.1, -0.05) is 18.2 Å². The van der Waals surface area contributed by atoms with Crippen molar-refractivity contribution in [3.63, 3.8) is 0 Å². The summed E-state index contributed by atoms with van der Waals surface area (Å²) < 4.78 is 13.1. The number of fused-ring (bicyclic) bond motifs is 5. The number of carbonyl (C=O) groups is 3. The molecule has 6 heteroatoms. The number of nitrogens with zero attached hydrogens (tertiary/aromatic N) is 1. The maximum atomic E-state index is 13.1. The van der Waals surface area contributed by atoms with Gasteiger partial charge in [-0.25, -0.2) is 4.39 Å². The largest absolute Gasteiger partial charge is 0.326 e. The van der Waals surface area contributed by atoms with Gasteiger partial charge in [0.05, 0.1) is 11.8 Å². The van der Waals surface area contributed by atoms with Crippen LogP contribution in [0.1, 0.15) is 12.8 Å². The minimum atomic E-state index is -0.437. The van der Waals surface area contributed by atoms with Gasteiger partial charge in [0.25, 0.3) is 0 Å². The standard InChI is InChI=1S/C18H17FN2O3/c19-12-2-1-3-13(9-12)20-14(22)6-7-21-17(23)15-10-4-5-11(8-10)16(15)18(21)24/h1-5,9-11,15-16H,6-8H2,(H,20,22). The highest BCUT2D eigenvalue weighted by atomic mass is 19.1. The first kappa shape index (κ1) is 15.1. The molecule has 3 aliphatic rings. The van der Waals surface area contributed by atoms with Crippen LogP contribution in [0.25, 0.3) is 0 Å². The Kier molecular flexibility index (Phi) is 3.48. The number of nitrogens with one attached hydrogen (secondary N) is 1. The number of halogens is 1. The predicted octanol–water partition coefficient (Wildman–Crippen LogP) is 1.96. The Morgan fingerprint density at radius 3 is 2.46 bits per heavy atom. The highest BCUT2D eigenvalue weighted by Gasteiger charge is 2.58.